The van der Waals surface area contributed by atoms with Gasteiger partial charge < -0.3 is 4.74 Å². The van der Waals surface area contributed by atoms with E-state index in [1.807, 2.05) is 0 Å². The van der Waals surface area contributed by atoms with E-state index in [4.69, 9.17) is 4.74 Å². The van der Waals surface area contributed by atoms with Crippen molar-refractivity contribution >= 4 is 5.78 Å². The first kappa shape index (κ1) is 17.6. The predicted octanol–water partition coefficient (Wildman–Crippen LogP) is 4.76. The SMILES string of the molecule is CCCCCCCC(=O)CCCC(C)(C)COC. The van der Waals surface area contributed by atoms with E-state index in [1.54, 1.807) is 7.11 Å². The van der Waals surface area contributed by atoms with Gasteiger partial charge in [0.05, 0.1) is 6.61 Å². The molecule has 0 spiro atoms. The first-order valence-corrected chi connectivity index (χ1v) is 7.52. The molecule has 2 heteroatoms. The Labute approximate surface area is 113 Å². The summed E-state index contributed by atoms with van der Waals surface area (Å²) in [4.78, 5) is 11.7. The van der Waals surface area contributed by atoms with Crippen molar-refractivity contribution in [2.75, 3.05) is 13.7 Å². The molecule has 0 aliphatic rings. The van der Waals surface area contributed by atoms with Crippen LogP contribution in [0.3, 0.4) is 0 Å². The summed E-state index contributed by atoms with van der Waals surface area (Å²) in [7, 11) is 1.74. The van der Waals surface area contributed by atoms with Gasteiger partial charge >= 0.3 is 0 Å². The molecule has 0 fully saturated rings. The van der Waals surface area contributed by atoms with Crippen LogP contribution in [-0.4, -0.2) is 19.5 Å². The molecule has 108 valence electrons. The second-order valence-corrected chi connectivity index (χ2v) is 6.15. The van der Waals surface area contributed by atoms with Crippen LogP contribution in [0.4, 0.5) is 0 Å². The Kier molecular flexibility index (Phi) is 10.3. The minimum Gasteiger partial charge on any atom is -0.384 e. The van der Waals surface area contributed by atoms with Crippen molar-refractivity contribution in [2.24, 2.45) is 5.41 Å². The lowest BCUT2D eigenvalue weighted by Gasteiger charge is -2.23. The Hall–Kier alpha value is -0.370. The molecule has 0 aromatic carbocycles. The summed E-state index contributed by atoms with van der Waals surface area (Å²) in [5, 5.41) is 0. The Balaban J connectivity index is 3.47. The van der Waals surface area contributed by atoms with E-state index in [1.165, 1.54) is 25.7 Å². The summed E-state index contributed by atoms with van der Waals surface area (Å²) < 4.78 is 5.18. The summed E-state index contributed by atoms with van der Waals surface area (Å²) in [6.07, 6.45) is 9.77. The summed E-state index contributed by atoms with van der Waals surface area (Å²) in [6, 6.07) is 0. The molecule has 0 heterocycles. The summed E-state index contributed by atoms with van der Waals surface area (Å²) >= 11 is 0. The standard InChI is InChI=1S/C16H32O2/c1-5-6-7-8-9-11-15(17)12-10-13-16(2,3)14-18-4/h5-14H2,1-4H3. The molecule has 0 bridgehead atoms. The van der Waals surface area contributed by atoms with Crippen LogP contribution in [0.15, 0.2) is 0 Å². The highest BCUT2D eigenvalue weighted by molar-refractivity contribution is 5.78. The van der Waals surface area contributed by atoms with E-state index < -0.39 is 0 Å². The number of carbonyl (C=O) groups excluding carboxylic acids is 1. The molecule has 0 unspecified atom stereocenters. The van der Waals surface area contributed by atoms with Crippen molar-refractivity contribution in [3.05, 3.63) is 0 Å². The van der Waals surface area contributed by atoms with Gasteiger partial charge in [0, 0.05) is 20.0 Å². The highest BCUT2D eigenvalue weighted by atomic mass is 16.5. The number of methoxy groups -OCH3 is 1. The maximum absolute atomic E-state index is 11.7. The lowest BCUT2D eigenvalue weighted by molar-refractivity contribution is -0.119. The van der Waals surface area contributed by atoms with Crippen LogP contribution in [0.25, 0.3) is 0 Å². The van der Waals surface area contributed by atoms with Crippen molar-refractivity contribution in [3.8, 4) is 0 Å². The highest BCUT2D eigenvalue weighted by Gasteiger charge is 2.17. The Morgan fingerprint density at radius 2 is 1.61 bits per heavy atom. The smallest absolute Gasteiger partial charge is 0.132 e. The fourth-order valence-electron chi connectivity index (χ4n) is 2.28. The lowest BCUT2D eigenvalue weighted by atomic mass is 9.87. The van der Waals surface area contributed by atoms with Crippen molar-refractivity contribution in [1.29, 1.82) is 0 Å². The molecule has 0 aliphatic heterocycles. The number of rotatable bonds is 12. The van der Waals surface area contributed by atoms with E-state index in [0.717, 1.165) is 38.7 Å². The average Bonchev–Trinajstić information content (AvgIpc) is 2.28. The Morgan fingerprint density at radius 1 is 1.00 bits per heavy atom. The number of Topliss-reactive ketones (excluding diaryl/α,β-unsaturated/α-hetero) is 1. The number of hydrogen-bond donors (Lipinski definition) is 0. The van der Waals surface area contributed by atoms with E-state index in [2.05, 4.69) is 20.8 Å². The molecule has 0 saturated heterocycles. The van der Waals surface area contributed by atoms with Crippen molar-refractivity contribution in [1.82, 2.24) is 0 Å². The van der Waals surface area contributed by atoms with Gasteiger partial charge in [0.2, 0.25) is 0 Å². The van der Waals surface area contributed by atoms with Crippen molar-refractivity contribution < 1.29 is 9.53 Å². The molecule has 0 rings (SSSR count). The van der Waals surface area contributed by atoms with Gasteiger partial charge in [0.1, 0.15) is 5.78 Å². The average molecular weight is 256 g/mol. The van der Waals surface area contributed by atoms with E-state index in [-0.39, 0.29) is 5.41 Å². The van der Waals surface area contributed by atoms with Gasteiger partial charge in [-0.1, -0.05) is 46.5 Å². The Bertz CT molecular complexity index is 209. The second kappa shape index (κ2) is 10.5. The van der Waals surface area contributed by atoms with Gasteiger partial charge in [-0.15, -0.1) is 0 Å². The first-order chi connectivity index (χ1) is 8.52. The van der Waals surface area contributed by atoms with E-state index in [9.17, 15) is 4.79 Å². The predicted molar refractivity (Wildman–Crippen MR) is 77.9 cm³/mol. The Morgan fingerprint density at radius 3 is 2.22 bits per heavy atom. The fraction of sp³-hybridized carbons (Fsp3) is 0.938. The van der Waals surface area contributed by atoms with Crippen LogP contribution in [0.5, 0.6) is 0 Å². The molecular weight excluding hydrogens is 224 g/mol. The van der Waals surface area contributed by atoms with Gasteiger partial charge in [0.25, 0.3) is 0 Å². The van der Waals surface area contributed by atoms with Gasteiger partial charge in [-0.05, 0) is 24.7 Å². The van der Waals surface area contributed by atoms with Crippen LogP contribution >= 0.6 is 0 Å². The summed E-state index contributed by atoms with van der Waals surface area (Å²) in [5.41, 5.74) is 0.205. The van der Waals surface area contributed by atoms with Gasteiger partial charge in [-0.25, -0.2) is 0 Å². The van der Waals surface area contributed by atoms with Gasteiger partial charge in [0.15, 0.2) is 0 Å². The maximum atomic E-state index is 11.7. The third-order valence-electron chi connectivity index (χ3n) is 3.40. The molecule has 0 radical (unpaired) electrons. The van der Waals surface area contributed by atoms with Crippen LogP contribution < -0.4 is 0 Å². The van der Waals surface area contributed by atoms with Gasteiger partial charge in [-0.2, -0.15) is 0 Å². The lowest BCUT2D eigenvalue weighted by Crippen LogP contribution is -2.18. The molecule has 18 heavy (non-hydrogen) atoms. The normalized spacial score (nSPS) is 11.8. The zero-order valence-corrected chi connectivity index (χ0v) is 12.9. The number of carbonyl (C=O) groups is 1. The summed E-state index contributed by atoms with van der Waals surface area (Å²) in [6.45, 7) is 7.39. The van der Waals surface area contributed by atoms with E-state index in [0.29, 0.717) is 5.78 Å². The largest absolute Gasteiger partial charge is 0.384 e. The number of ether oxygens (including phenoxy) is 1. The van der Waals surface area contributed by atoms with Crippen LogP contribution in [0.1, 0.15) is 78.6 Å². The number of hydrogen-bond acceptors (Lipinski definition) is 2. The van der Waals surface area contributed by atoms with E-state index >= 15 is 0 Å². The monoisotopic (exact) mass is 256 g/mol. The zero-order valence-electron chi connectivity index (χ0n) is 12.9. The van der Waals surface area contributed by atoms with Crippen LogP contribution in [0.2, 0.25) is 0 Å². The zero-order chi connectivity index (χ0) is 13.9. The molecule has 2 nitrogen and oxygen atoms in total. The van der Waals surface area contributed by atoms with Crippen molar-refractivity contribution in [3.63, 3.8) is 0 Å². The number of ketones is 1. The molecule has 0 amide bonds. The third-order valence-corrected chi connectivity index (χ3v) is 3.40. The molecule has 0 N–H and O–H groups in total. The topological polar surface area (TPSA) is 26.3 Å². The summed E-state index contributed by atoms with van der Waals surface area (Å²) in [5.74, 6) is 0.444. The minimum absolute atomic E-state index is 0.205. The third kappa shape index (κ3) is 10.8. The minimum atomic E-state index is 0.205. The molecule has 0 saturated carbocycles. The molecule has 0 aliphatic carbocycles. The van der Waals surface area contributed by atoms with Gasteiger partial charge in [-0.3, -0.25) is 4.79 Å². The molecule has 0 atom stereocenters. The van der Waals surface area contributed by atoms with Crippen LogP contribution in [-0.2, 0) is 9.53 Å². The van der Waals surface area contributed by atoms with Crippen molar-refractivity contribution in [2.45, 2.75) is 78.6 Å². The molecule has 0 aromatic rings. The molecular formula is C16H32O2. The van der Waals surface area contributed by atoms with Crippen LogP contribution in [0, 0.1) is 5.41 Å². The fourth-order valence-corrected chi connectivity index (χ4v) is 2.28. The highest BCUT2D eigenvalue weighted by Crippen LogP contribution is 2.23. The quantitative estimate of drug-likeness (QED) is 0.471. The maximum Gasteiger partial charge on any atom is 0.132 e. The first-order valence-electron chi connectivity index (χ1n) is 7.52. The number of unbranched alkanes of at least 4 members (excludes halogenated alkanes) is 4. The second-order valence-electron chi connectivity index (χ2n) is 6.15. The molecule has 0 aromatic heterocycles.